The summed E-state index contributed by atoms with van der Waals surface area (Å²) < 4.78 is 0. The topological polar surface area (TPSA) is 36.0 Å². The van der Waals surface area contributed by atoms with E-state index in [1.165, 1.54) is 16.7 Å². The molecule has 0 aliphatic carbocycles. The first-order chi connectivity index (χ1) is 9.06. The highest BCUT2D eigenvalue weighted by Crippen LogP contribution is 2.35. The van der Waals surface area contributed by atoms with Gasteiger partial charge in [-0.3, -0.25) is 0 Å². The van der Waals surface area contributed by atoms with Gasteiger partial charge in [0.1, 0.15) is 6.10 Å². The second-order valence-electron chi connectivity index (χ2n) is 5.28. The molecule has 0 bridgehead atoms. The van der Waals surface area contributed by atoms with Crippen LogP contribution >= 0.6 is 0 Å². The zero-order valence-corrected chi connectivity index (χ0v) is 12.2. The summed E-state index contributed by atoms with van der Waals surface area (Å²) in [5.41, 5.74) is 5.73. The maximum absolute atomic E-state index is 10.7. The van der Waals surface area contributed by atoms with Crippen LogP contribution in [0.5, 0.6) is 0 Å². The molecule has 2 rings (SSSR count). The molecular formula is C17H23NO. The number of nitrogens with one attached hydrogen (secondary N) is 1. The van der Waals surface area contributed by atoms with Crippen LogP contribution in [0.1, 0.15) is 53.4 Å². The van der Waals surface area contributed by atoms with Gasteiger partial charge in [-0.15, -0.1) is 0 Å². The van der Waals surface area contributed by atoms with E-state index >= 15 is 0 Å². The Balaban J connectivity index is 2.36. The lowest BCUT2D eigenvalue weighted by Crippen LogP contribution is -2.11. The van der Waals surface area contributed by atoms with Gasteiger partial charge in [0.15, 0.2) is 0 Å². The number of aliphatic hydroxyl groups is 1. The second-order valence-corrected chi connectivity index (χ2v) is 5.28. The number of aryl methyl sites for hydroxylation is 1. The lowest BCUT2D eigenvalue weighted by atomic mass is 9.88. The first kappa shape index (κ1) is 13.9. The predicted molar refractivity (Wildman–Crippen MR) is 79.4 cm³/mol. The Hall–Kier alpha value is -1.54. The molecule has 2 heteroatoms. The summed E-state index contributed by atoms with van der Waals surface area (Å²) in [6.45, 7) is 8.36. The molecule has 0 aliphatic heterocycles. The molecule has 1 aromatic carbocycles. The SMILES string of the molecule is CCC(c1ccccc1)C(O)c1[nH]c(C)c(C)c1C. The van der Waals surface area contributed by atoms with Crippen LogP contribution in [0.4, 0.5) is 0 Å². The van der Waals surface area contributed by atoms with Gasteiger partial charge in [0, 0.05) is 17.3 Å². The largest absolute Gasteiger partial charge is 0.386 e. The van der Waals surface area contributed by atoms with Gasteiger partial charge in [-0.25, -0.2) is 0 Å². The summed E-state index contributed by atoms with van der Waals surface area (Å²) in [6, 6.07) is 10.3. The van der Waals surface area contributed by atoms with Gasteiger partial charge < -0.3 is 10.1 Å². The fourth-order valence-electron chi connectivity index (χ4n) is 2.71. The lowest BCUT2D eigenvalue weighted by Gasteiger charge is -2.22. The number of H-pyrrole nitrogens is 1. The van der Waals surface area contributed by atoms with Gasteiger partial charge in [0.25, 0.3) is 0 Å². The Morgan fingerprint density at radius 3 is 2.16 bits per heavy atom. The van der Waals surface area contributed by atoms with E-state index < -0.39 is 6.10 Å². The Kier molecular flexibility index (Phi) is 4.11. The molecule has 0 radical (unpaired) electrons. The Morgan fingerprint density at radius 1 is 1.05 bits per heavy atom. The van der Waals surface area contributed by atoms with Crippen molar-refractivity contribution in [3.8, 4) is 0 Å². The quantitative estimate of drug-likeness (QED) is 0.847. The van der Waals surface area contributed by atoms with Crippen LogP contribution in [0.2, 0.25) is 0 Å². The third-order valence-corrected chi connectivity index (χ3v) is 4.20. The third kappa shape index (κ3) is 2.59. The monoisotopic (exact) mass is 257 g/mol. The van der Waals surface area contributed by atoms with Crippen LogP contribution in [0.15, 0.2) is 30.3 Å². The molecule has 1 aromatic heterocycles. The van der Waals surface area contributed by atoms with Gasteiger partial charge in [-0.1, -0.05) is 37.3 Å². The summed E-state index contributed by atoms with van der Waals surface area (Å²) in [7, 11) is 0. The molecule has 0 fully saturated rings. The van der Waals surface area contributed by atoms with Crippen molar-refractivity contribution in [2.75, 3.05) is 0 Å². The molecule has 2 aromatic rings. The van der Waals surface area contributed by atoms with Crippen LogP contribution in [0.3, 0.4) is 0 Å². The molecule has 102 valence electrons. The van der Waals surface area contributed by atoms with E-state index in [1.54, 1.807) is 0 Å². The van der Waals surface area contributed by atoms with Crippen molar-refractivity contribution in [3.05, 3.63) is 58.4 Å². The minimum Gasteiger partial charge on any atom is -0.386 e. The highest BCUT2D eigenvalue weighted by molar-refractivity contribution is 5.37. The van der Waals surface area contributed by atoms with Gasteiger partial charge in [0.05, 0.1) is 0 Å². The molecule has 0 aliphatic rings. The molecule has 2 N–H and O–H groups in total. The molecule has 2 unspecified atom stereocenters. The van der Waals surface area contributed by atoms with Crippen LogP contribution in [-0.2, 0) is 0 Å². The standard InChI is InChI=1S/C17H23NO/c1-5-15(14-9-7-6-8-10-14)17(19)16-12(3)11(2)13(4)18-16/h6-10,15,17-19H,5H2,1-4H3. The van der Waals surface area contributed by atoms with Crippen molar-refractivity contribution in [2.45, 2.75) is 46.1 Å². The van der Waals surface area contributed by atoms with Crippen molar-refractivity contribution in [1.29, 1.82) is 0 Å². The number of aromatic nitrogens is 1. The van der Waals surface area contributed by atoms with E-state index in [2.05, 4.69) is 44.8 Å². The van der Waals surface area contributed by atoms with Crippen LogP contribution < -0.4 is 0 Å². The highest BCUT2D eigenvalue weighted by Gasteiger charge is 2.24. The molecule has 1 heterocycles. The van der Waals surface area contributed by atoms with Gasteiger partial charge >= 0.3 is 0 Å². The molecule has 2 atom stereocenters. The summed E-state index contributed by atoms with van der Waals surface area (Å²) in [5, 5.41) is 10.7. The number of aliphatic hydroxyl groups excluding tert-OH is 1. The van der Waals surface area contributed by atoms with Crippen molar-refractivity contribution in [2.24, 2.45) is 0 Å². The zero-order chi connectivity index (χ0) is 14.0. The molecule has 2 nitrogen and oxygen atoms in total. The molecule has 0 saturated carbocycles. The van der Waals surface area contributed by atoms with E-state index in [1.807, 2.05) is 18.2 Å². The maximum atomic E-state index is 10.7. The van der Waals surface area contributed by atoms with Crippen molar-refractivity contribution < 1.29 is 5.11 Å². The van der Waals surface area contributed by atoms with E-state index in [0.717, 1.165) is 17.8 Å². The maximum Gasteiger partial charge on any atom is 0.101 e. The van der Waals surface area contributed by atoms with Crippen LogP contribution in [0.25, 0.3) is 0 Å². The van der Waals surface area contributed by atoms with Gasteiger partial charge in [-0.2, -0.15) is 0 Å². The predicted octanol–water partition coefficient (Wildman–Crippen LogP) is 4.17. The lowest BCUT2D eigenvalue weighted by molar-refractivity contribution is 0.138. The van der Waals surface area contributed by atoms with Gasteiger partial charge in [0.2, 0.25) is 0 Å². The Bertz CT molecular complexity index is 542. The molecule has 19 heavy (non-hydrogen) atoms. The van der Waals surface area contributed by atoms with E-state index in [0.29, 0.717) is 0 Å². The molecule has 0 amide bonds. The Labute approximate surface area is 115 Å². The van der Waals surface area contributed by atoms with Gasteiger partial charge in [-0.05, 0) is 43.9 Å². The summed E-state index contributed by atoms with van der Waals surface area (Å²) in [4.78, 5) is 3.35. The molecular weight excluding hydrogens is 234 g/mol. The van der Waals surface area contributed by atoms with Crippen LogP contribution in [-0.4, -0.2) is 10.1 Å². The number of aromatic amines is 1. The van der Waals surface area contributed by atoms with E-state index in [4.69, 9.17) is 0 Å². The van der Waals surface area contributed by atoms with E-state index in [-0.39, 0.29) is 5.92 Å². The summed E-state index contributed by atoms with van der Waals surface area (Å²) in [6.07, 6.45) is 0.446. The fraction of sp³-hybridized carbons (Fsp3) is 0.412. The first-order valence-corrected chi connectivity index (χ1v) is 6.94. The average molecular weight is 257 g/mol. The molecule has 0 saturated heterocycles. The third-order valence-electron chi connectivity index (χ3n) is 4.20. The van der Waals surface area contributed by atoms with Crippen molar-refractivity contribution in [3.63, 3.8) is 0 Å². The number of hydrogen-bond acceptors (Lipinski definition) is 1. The fourth-order valence-corrected chi connectivity index (χ4v) is 2.71. The molecule has 0 spiro atoms. The average Bonchev–Trinajstić information content (AvgIpc) is 2.68. The minimum absolute atomic E-state index is 0.136. The summed E-state index contributed by atoms with van der Waals surface area (Å²) >= 11 is 0. The number of hydrogen-bond donors (Lipinski definition) is 2. The van der Waals surface area contributed by atoms with E-state index in [9.17, 15) is 5.11 Å². The number of benzene rings is 1. The minimum atomic E-state index is -0.472. The van der Waals surface area contributed by atoms with Crippen molar-refractivity contribution in [1.82, 2.24) is 4.98 Å². The van der Waals surface area contributed by atoms with Crippen molar-refractivity contribution >= 4 is 0 Å². The van der Waals surface area contributed by atoms with Crippen LogP contribution in [0, 0.1) is 20.8 Å². The highest BCUT2D eigenvalue weighted by atomic mass is 16.3. The Morgan fingerprint density at radius 2 is 1.68 bits per heavy atom. The zero-order valence-electron chi connectivity index (χ0n) is 12.2. The second kappa shape index (κ2) is 5.62. The summed E-state index contributed by atoms with van der Waals surface area (Å²) in [5.74, 6) is 0.136. The first-order valence-electron chi connectivity index (χ1n) is 6.94. The smallest absolute Gasteiger partial charge is 0.101 e. The normalized spacial score (nSPS) is 14.4. The number of rotatable bonds is 4.